The van der Waals surface area contributed by atoms with Crippen molar-refractivity contribution in [3.05, 3.63) is 40.7 Å². The Hall–Kier alpha value is -2.63. The molecule has 0 saturated carbocycles. The van der Waals surface area contributed by atoms with Crippen molar-refractivity contribution in [1.82, 2.24) is 15.0 Å². The van der Waals surface area contributed by atoms with Crippen LogP contribution in [-0.2, 0) is 26.0 Å². The highest BCUT2D eigenvalue weighted by molar-refractivity contribution is 7.84. The van der Waals surface area contributed by atoms with Gasteiger partial charge in [0, 0.05) is 43.2 Å². The van der Waals surface area contributed by atoms with Crippen LogP contribution in [0.3, 0.4) is 0 Å². The Morgan fingerprint density at radius 2 is 2.20 bits per heavy atom. The molecule has 0 radical (unpaired) electrons. The number of terminal acetylenes is 1. The fourth-order valence-electron chi connectivity index (χ4n) is 3.25. The van der Waals surface area contributed by atoms with Gasteiger partial charge in [-0.1, -0.05) is 0 Å². The van der Waals surface area contributed by atoms with E-state index in [0.717, 1.165) is 53.2 Å². The van der Waals surface area contributed by atoms with Gasteiger partial charge < -0.3 is 19.2 Å². The second-order valence-electron chi connectivity index (χ2n) is 6.99. The molecule has 30 heavy (non-hydrogen) atoms. The maximum atomic E-state index is 13.0. The quantitative estimate of drug-likeness (QED) is 0.486. The van der Waals surface area contributed by atoms with Crippen LogP contribution in [0.25, 0.3) is 5.57 Å². The fraction of sp³-hybridized carbons (Fsp3) is 0.455. The minimum absolute atomic E-state index is 0.241. The van der Waals surface area contributed by atoms with E-state index in [1.165, 1.54) is 0 Å². The molecule has 2 aromatic rings. The summed E-state index contributed by atoms with van der Waals surface area (Å²) in [5, 5.41) is 0.407. The molecular formula is C22H27N3O4S. The van der Waals surface area contributed by atoms with Crippen LogP contribution in [0.4, 0.5) is 0 Å². The monoisotopic (exact) mass is 429 g/mol. The molecule has 0 bridgehead atoms. The van der Waals surface area contributed by atoms with E-state index in [-0.39, 0.29) is 5.75 Å². The van der Waals surface area contributed by atoms with Crippen molar-refractivity contribution in [1.29, 1.82) is 0 Å². The number of aromatic amines is 1. The lowest BCUT2D eigenvalue weighted by atomic mass is 10.0. The van der Waals surface area contributed by atoms with E-state index < -0.39 is 10.8 Å². The van der Waals surface area contributed by atoms with Crippen molar-refractivity contribution in [2.24, 2.45) is 0 Å². The number of hydrogen-bond donors (Lipinski definition) is 1. The summed E-state index contributed by atoms with van der Waals surface area (Å²) in [5.74, 6) is 4.09. The number of methoxy groups -OCH3 is 1. The minimum Gasteiger partial charge on any atom is -0.493 e. The molecule has 0 saturated heterocycles. The van der Waals surface area contributed by atoms with E-state index in [0.29, 0.717) is 30.7 Å². The Morgan fingerprint density at radius 3 is 2.97 bits per heavy atom. The van der Waals surface area contributed by atoms with Crippen LogP contribution in [0.5, 0.6) is 5.75 Å². The second-order valence-corrected chi connectivity index (χ2v) is 8.35. The third-order valence-electron chi connectivity index (χ3n) is 4.86. The molecular weight excluding hydrogens is 402 g/mol. The summed E-state index contributed by atoms with van der Waals surface area (Å²) in [6, 6.07) is 1.82. The van der Waals surface area contributed by atoms with Gasteiger partial charge in [-0.3, -0.25) is 9.19 Å². The van der Waals surface area contributed by atoms with Crippen molar-refractivity contribution in [2.75, 3.05) is 26.9 Å². The Morgan fingerprint density at radius 1 is 1.37 bits per heavy atom. The number of hydrogen-bond acceptors (Lipinski definition) is 6. The van der Waals surface area contributed by atoms with Gasteiger partial charge in [-0.25, -0.2) is 4.98 Å². The molecule has 0 aromatic carbocycles. The maximum Gasteiger partial charge on any atom is 0.197 e. The first kappa shape index (κ1) is 22.1. The summed E-state index contributed by atoms with van der Waals surface area (Å²) in [6.45, 7) is 5.63. The van der Waals surface area contributed by atoms with Gasteiger partial charge in [-0.05, 0) is 38.7 Å². The highest BCUT2D eigenvalue weighted by Crippen LogP contribution is 2.30. The van der Waals surface area contributed by atoms with Gasteiger partial charge in [0.2, 0.25) is 0 Å². The zero-order valence-corrected chi connectivity index (χ0v) is 18.4. The number of imidazole rings is 1. The molecule has 160 valence electrons. The molecule has 0 amide bonds. The number of aromatic nitrogens is 3. The summed E-state index contributed by atoms with van der Waals surface area (Å²) < 4.78 is 29.4. The summed E-state index contributed by atoms with van der Waals surface area (Å²) in [5.41, 5.74) is 4.04. The minimum atomic E-state index is -1.39. The molecule has 2 aromatic heterocycles. The van der Waals surface area contributed by atoms with E-state index in [1.807, 2.05) is 19.9 Å². The topological polar surface area (TPSA) is 86.3 Å². The van der Waals surface area contributed by atoms with Gasteiger partial charge in [0.25, 0.3) is 0 Å². The van der Waals surface area contributed by atoms with Gasteiger partial charge in [-0.2, -0.15) is 0 Å². The summed E-state index contributed by atoms with van der Waals surface area (Å²) in [7, 11) is 0.276. The average molecular weight is 430 g/mol. The van der Waals surface area contributed by atoms with E-state index in [4.69, 9.17) is 20.6 Å². The standard InChI is InChI=1S/C22H27N3O4S/c1-5-19-17(8-6-12-28-19)21-16(3)24-22(25-21)30(26)14-18-15(2)20(9-10-23-18)29-13-7-11-27-4/h1,9-10H,6-8,11-14H2,2-4H3,(H,24,25). The van der Waals surface area contributed by atoms with Gasteiger partial charge in [0.1, 0.15) is 5.75 Å². The first-order valence-corrected chi connectivity index (χ1v) is 11.2. The Labute approximate surface area is 179 Å². The summed E-state index contributed by atoms with van der Waals surface area (Å²) >= 11 is 0. The van der Waals surface area contributed by atoms with Crippen molar-refractivity contribution >= 4 is 16.4 Å². The van der Waals surface area contributed by atoms with Crippen molar-refractivity contribution in [3.8, 4) is 18.1 Å². The van der Waals surface area contributed by atoms with Crippen LogP contribution in [0.2, 0.25) is 0 Å². The number of ether oxygens (including phenoxy) is 3. The van der Waals surface area contributed by atoms with Gasteiger partial charge >= 0.3 is 0 Å². The molecule has 1 unspecified atom stereocenters. The van der Waals surface area contributed by atoms with E-state index >= 15 is 0 Å². The normalized spacial score (nSPS) is 14.9. The number of nitrogens with zero attached hydrogens (tertiary/aromatic N) is 2. The van der Waals surface area contributed by atoms with Gasteiger partial charge in [0.15, 0.2) is 10.9 Å². The molecule has 3 heterocycles. The predicted octanol–water partition coefficient (Wildman–Crippen LogP) is 3.30. The smallest absolute Gasteiger partial charge is 0.197 e. The van der Waals surface area contributed by atoms with Crippen LogP contribution in [0.15, 0.2) is 23.2 Å². The molecule has 0 fully saturated rings. The first-order chi connectivity index (χ1) is 14.5. The number of pyridine rings is 1. The van der Waals surface area contributed by atoms with E-state index in [2.05, 4.69) is 20.9 Å². The lowest BCUT2D eigenvalue weighted by Crippen LogP contribution is -2.07. The van der Waals surface area contributed by atoms with Crippen LogP contribution < -0.4 is 4.74 Å². The Bertz CT molecular complexity index is 991. The Kier molecular flexibility index (Phi) is 7.66. The first-order valence-electron chi connectivity index (χ1n) is 9.89. The van der Waals surface area contributed by atoms with Gasteiger partial charge in [0.05, 0.1) is 41.2 Å². The summed E-state index contributed by atoms with van der Waals surface area (Å²) in [4.78, 5) is 12.1. The van der Waals surface area contributed by atoms with Crippen molar-refractivity contribution in [3.63, 3.8) is 0 Å². The molecule has 0 aliphatic carbocycles. The number of H-pyrrole nitrogens is 1. The molecule has 1 aliphatic heterocycles. The highest BCUT2D eigenvalue weighted by atomic mass is 32.2. The lowest BCUT2D eigenvalue weighted by molar-refractivity contribution is 0.172. The largest absolute Gasteiger partial charge is 0.493 e. The predicted molar refractivity (Wildman–Crippen MR) is 115 cm³/mol. The fourth-order valence-corrected chi connectivity index (χ4v) is 4.39. The van der Waals surface area contributed by atoms with E-state index in [9.17, 15) is 4.21 Å². The molecule has 7 nitrogen and oxygen atoms in total. The van der Waals surface area contributed by atoms with E-state index in [1.54, 1.807) is 13.3 Å². The van der Waals surface area contributed by atoms with Crippen LogP contribution in [0, 0.1) is 26.2 Å². The molecule has 3 rings (SSSR count). The zero-order chi connectivity index (χ0) is 21.5. The van der Waals surface area contributed by atoms with Crippen LogP contribution in [0.1, 0.15) is 41.9 Å². The molecule has 1 N–H and O–H groups in total. The summed E-state index contributed by atoms with van der Waals surface area (Å²) in [6.07, 6.45) is 9.72. The maximum absolute atomic E-state index is 13.0. The number of allylic oxidation sites excluding steroid dienone is 2. The third kappa shape index (κ3) is 5.10. The average Bonchev–Trinajstić information content (AvgIpc) is 3.15. The lowest BCUT2D eigenvalue weighted by Gasteiger charge is -2.16. The third-order valence-corrected chi connectivity index (χ3v) is 6.02. The van der Waals surface area contributed by atoms with Gasteiger partial charge in [-0.15, -0.1) is 6.42 Å². The van der Waals surface area contributed by atoms with Crippen molar-refractivity contribution in [2.45, 2.75) is 44.0 Å². The molecule has 1 aliphatic rings. The number of rotatable bonds is 9. The van der Waals surface area contributed by atoms with Crippen LogP contribution >= 0.6 is 0 Å². The molecule has 8 heteroatoms. The SMILES string of the molecule is C#CC1=C(c2nc(S(=O)Cc3nccc(OCCCOC)c3C)[nH]c2C)CCCO1. The Balaban J connectivity index is 1.76. The zero-order valence-electron chi connectivity index (χ0n) is 17.6. The van der Waals surface area contributed by atoms with Crippen LogP contribution in [-0.4, -0.2) is 46.1 Å². The number of aryl methyl sites for hydroxylation is 1. The highest BCUT2D eigenvalue weighted by Gasteiger charge is 2.22. The number of nitrogens with one attached hydrogen (secondary N) is 1. The second kappa shape index (κ2) is 10.4. The molecule has 1 atom stereocenters. The van der Waals surface area contributed by atoms with Crippen molar-refractivity contribution < 1.29 is 18.4 Å². The molecule has 0 spiro atoms.